The lowest BCUT2D eigenvalue weighted by molar-refractivity contribution is -0.0517. The van der Waals surface area contributed by atoms with Crippen LogP contribution in [0.25, 0.3) is 4.98 Å². The number of hydrogen-bond acceptors (Lipinski definition) is 7. The molecule has 13 heteroatoms. The van der Waals surface area contributed by atoms with Gasteiger partial charge in [-0.2, -0.15) is 23.7 Å². The molecule has 19 heavy (non-hydrogen) atoms. The number of nitriles is 2. The lowest BCUT2D eigenvalue weighted by Crippen LogP contribution is -2.21. The van der Waals surface area contributed by atoms with Gasteiger partial charge in [0.15, 0.2) is 10.1 Å². The van der Waals surface area contributed by atoms with Crippen LogP contribution < -0.4 is 0 Å². The Kier molecular flexibility index (Phi) is 4.95. The van der Waals surface area contributed by atoms with Gasteiger partial charge in [-0.3, -0.25) is 0 Å². The zero-order chi connectivity index (χ0) is 15.3. The molecule has 0 fully saturated rings. The van der Waals surface area contributed by atoms with Crippen molar-refractivity contribution in [1.82, 2.24) is 9.97 Å². The van der Waals surface area contributed by atoms with E-state index in [0.717, 1.165) is 0 Å². The highest BCUT2D eigenvalue weighted by atomic mass is 32.2. The van der Waals surface area contributed by atoms with Crippen LogP contribution in [-0.4, -0.2) is 28.4 Å². The lowest BCUT2D eigenvalue weighted by atomic mass is 10.4. The van der Waals surface area contributed by atoms with Crippen molar-refractivity contribution in [3.8, 4) is 12.1 Å². The SMILES string of the molecule is N#Cc1nc([N+]#N)[nH]c1C#N.O=S(=O)([O-])C(F)(F)F. The minimum atomic E-state index is -6.09. The van der Waals surface area contributed by atoms with E-state index < -0.39 is 15.6 Å². The second-order valence-electron chi connectivity index (χ2n) is 2.51. The first kappa shape index (κ1) is 16.3. The summed E-state index contributed by atoms with van der Waals surface area (Å²) in [7, 11) is -6.09. The van der Waals surface area contributed by atoms with Gasteiger partial charge in [0, 0.05) is 0 Å². The van der Waals surface area contributed by atoms with E-state index in [2.05, 4.69) is 14.9 Å². The Hall–Kier alpha value is -2.69. The molecule has 0 aliphatic heterocycles. The van der Waals surface area contributed by atoms with Gasteiger partial charge < -0.3 is 4.55 Å². The summed E-state index contributed by atoms with van der Waals surface area (Å²) >= 11 is 0. The molecule has 0 saturated carbocycles. The molecule has 0 spiro atoms. The average molecular weight is 294 g/mol. The fourth-order valence-corrected chi connectivity index (χ4v) is 0.570. The summed E-state index contributed by atoms with van der Waals surface area (Å²) in [5.41, 5.74) is -5.71. The molecule has 1 N–H and O–H groups in total. The number of imidazole rings is 1. The van der Waals surface area contributed by atoms with Gasteiger partial charge in [-0.05, 0) is 9.96 Å². The third-order valence-electron chi connectivity index (χ3n) is 1.29. The first-order valence-electron chi connectivity index (χ1n) is 3.84. The lowest BCUT2D eigenvalue weighted by Gasteiger charge is -2.08. The summed E-state index contributed by atoms with van der Waals surface area (Å²) in [5, 5.41) is 24.9. The van der Waals surface area contributed by atoms with Gasteiger partial charge in [-0.25, -0.2) is 13.4 Å². The molecule has 1 rings (SSSR count). The summed E-state index contributed by atoms with van der Waals surface area (Å²) in [6.07, 6.45) is 0. The molecule has 0 radical (unpaired) electrons. The van der Waals surface area contributed by atoms with E-state index in [9.17, 15) is 13.2 Å². The summed E-state index contributed by atoms with van der Waals surface area (Å²) in [6, 6.07) is 3.35. The summed E-state index contributed by atoms with van der Waals surface area (Å²) < 4.78 is 58.9. The molecule has 1 aromatic heterocycles. The molecule has 100 valence electrons. The minimum absolute atomic E-state index is 0.000278. The van der Waals surface area contributed by atoms with Crippen LogP contribution in [0.15, 0.2) is 0 Å². The standard InChI is InChI=1S/C5HN6.CHF3O3S/c6-1-3-4(2-7)10-5(9-3)11-8;2-1(3,4)8(5,6)7/h(H,9,10);(H,5,6,7)/q+1;/p-1. The highest BCUT2D eigenvalue weighted by Gasteiger charge is 2.36. The number of hydrogen-bond donors (Lipinski definition) is 1. The van der Waals surface area contributed by atoms with E-state index in [-0.39, 0.29) is 17.3 Å². The van der Waals surface area contributed by atoms with Crippen molar-refractivity contribution in [1.29, 1.82) is 15.9 Å². The zero-order valence-corrected chi connectivity index (χ0v) is 9.32. The Balaban J connectivity index is 0.000000362. The fraction of sp³-hybridized carbons (Fsp3) is 0.167. The molecule has 0 bridgehead atoms. The molecule has 0 amide bonds. The van der Waals surface area contributed by atoms with Crippen molar-refractivity contribution in [2.75, 3.05) is 0 Å². The van der Waals surface area contributed by atoms with Crippen LogP contribution in [0, 0.1) is 28.1 Å². The number of H-pyrrole nitrogens is 1. The van der Waals surface area contributed by atoms with Crippen LogP contribution in [0.1, 0.15) is 11.4 Å². The van der Waals surface area contributed by atoms with Gasteiger partial charge in [0.05, 0.1) is 5.39 Å². The van der Waals surface area contributed by atoms with Crippen molar-refractivity contribution >= 4 is 16.1 Å². The van der Waals surface area contributed by atoms with E-state index in [1.807, 2.05) is 0 Å². The van der Waals surface area contributed by atoms with E-state index in [1.165, 1.54) is 0 Å². The predicted molar refractivity (Wildman–Crippen MR) is 48.5 cm³/mol. The number of diazo groups is 1. The Morgan fingerprint density at radius 2 is 1.79 bits per heavy atom. The second-order valence-corrected chi connectivity index (χ2v) is 3.88. The highest BCUT2D eigenvalue weighted by molar-refractivity contribution is 7.86. The molecular weight excluding hydrogens is 293 g/mol. The average Bonchev–Trinajstić information content (AvgIpc) is 2.69. The maximum Gasteiger partial charge on any atom is 0.528 e. The van der Waals surface area contributed by atoms with Gasteiger partial charge in [-0.15, -0.1) is 0 Å². The summed E-state index contributed by atoms with van der Waals surface area (Å²) in [5.74, 6) is -0.141. The van der Waals surface area contributed by atoms with Crippen molar-refractivity contribution in [2.45, 2.75) is 5.51 Å². The van der Waals surface area contributed by atoms with E-state index in [0.29, 0.717) is 0 Å². The molecule has 0 aliphatic rings. The number of nitrogens with one attached hydrogen (secondary N) is 1. The smallest absolute Gasteiger partial charge is 0.528 e. The molecule has 1 heterocycles. The van der Waals surface area contributed by atoms with Crippen molar-refractivity contribution < 1.29 is 26.1 Å². The third kappa shape index (κ3) is 4.59. The number of aromatic amines is 1. The van der Waals surface area contributed by atoms with Crippen LogP contribution in [0.4, 0.5) is 19.1 Å². The van der Waals surface area contributed by atoms with Crippen LogP contribution in [-0.2, 0) is 10.1 Å². The Labute approximate surface area is 103 Å². The van der Waals surface area contributed by atoms with Gasteiger partial charge in [0.2, 0.25) is 5.69 Å². The Morgan fingerprint density at radius 3 is 2.00 bits per heavy atom. The largest absolute Gasteiger partial charge is 0.741 e. The first-order valence-corrected chi connectivity index (χ1v) is 5.25. The van der Waals surface area contributed by atoms with Gasteiger partial charge in [0.25, 0.3) is 5.69 Å². The Bertz CT molecular complexity index is 654. The second kappa shape index (κ2) is 5.77. The summed E-state index contributed by atoms with van der Waals surface area (Å²) in [4.78, 5) is 8.46. The minimum Gasteiger partial charge on any atom is -0.741 e. The zero-order valence-electron chi connectivity index (χ0n) is 8.50. The van der Waals surface area contributed by atoms with Crippen LogP contribution in [0.5, 0.6) is 0 Å². The van der Waals surface area contributed by atoms with Gasteiger partial charge in [-0.1, -0.05) is 0 Å². The van der Waals surface area contributed by atoms with E-state index in [4.69, 9.17) is 28.9 Å². The van der Waals surface area contributed by atoms with Crippen molar-refractivity contribution in [3.05, 3.63) is 16.4 Å². The molecular formula is C6HF3N6O3S. The normalized spacial score (nSPS) is 10.4. The molecule has 0 aliphatic carbocycles. The number of halogens is 3. The Morgan fingerprint density at radius 1 is 1.32 bits per heavy atom. The fourth-order valence-electron chi connectivity index (χ4n) is 0.570. The number of aromatic nitrogens is 2. The van der Waals surface area contributed by atoms with E-state index >= 15 is 0 Å². The summed E-state index contributed by atoms with van der Waals surface area (Å²) in [6.45, 7) is 0. The quantitative estimate of drug-likeness (QED) is 0.418. The van der Waals surface area contributed by atoms with Gasteiger partial charge >= 0.3 is 11.5 Å². The third-order valence-corrected chi connectivity index (χ3v) is 1.85. The predicted octanol–water partition coefficient (Wildman–Crippen LogP) is 0.689. The molecule has 0 atom stereocenters. The van der Waals surface area contributed by atoms with Crippen molar-refractivity contribution in [2.24, 2.45) is 0 Å². The van der Waals surface area contributed by atoms with Gasteiger partial charge in [0.1, 0.15) is 12.1 Å². The van der Waals surface area contributed by atoms with Crippen LogP contribution in [0.3, 0.4) is 0 Å². The molecule has 0 unspecified atom stereocenters. The van der Waals surface area contributed by atoms with Crippen molar-refractivity contribution in [3.63, 3.8) is 0 Å². The monoisotopic (exact) mass is 294 g/mol. The first-order chi connectivity index (χ1) is 8.56. The molecule has 9 nitrogen and oxygen atoms in total. The maximum absolute atomic E-state index is 10.7. The molecule has 0 saturated heterocycles. The number of nitrogens with zero attached hydrogens (tertiary/aromatic N) is 5. The number of rotatable bonds is 0. The van der Waals surface area contributed by atoms with Crippen LogP contribution in [0.2, 0.25) is 0 Å². The maximum atomic E-state index is 10.7. The number of alkyl halides is 3. The topological polar surface area (TPSA) is 162 Å². The highest BCUT2D eigenvalue weighted by Crippen LogP contribution is 2.20. The molecule has 0 aromatic carbocycles. The van der Waals surface area contributed by atoms with Crippen LogP contribution >= 0.6 is 0 Å². The molecule has 1 aromatic rings. The van der Waals surface area contributed by atoms with E-state index in [1.54, 1.807) is 12.1 Å².